The lowest BCUT2D eigenvalue weighted by atomic mass is 10.1. The number of methoxy groups -OCH3 is 3. The topological polar surface area (TPSA) is 84.9 Å². The first kappa shape index (κ1) is 26.3. The molecule has 0 aromatic heterocycles. The molecule has 9 nitrogen and oxygen atoms in total. The first-order valence-corrected chi connectivity index (χ1v) is 10.8. The van der Waals surface area contributed by atoms with Crippen LogP contribution in [0.2, 0.25) is 0 Å². The summed E-state index contributed by atoms with van der Waals surface area (Å²) in [7, 11) is 4.84. The Morgan fingerprint density at radius 2 is 1.69 bits per heavy atom. The monoisotopic (exact) mass is 562 g/mol. The third-order valence-corrected chi connectivity index (χ3v) is 5.62. The molecule has 2 saturated heterocycles. The Labute approximate surface area is 207 Å². The number of carbonyl (C=O) groups is 1. The molecular weight excluding hydrogens is 527 g/mol. The second kappa shape index (κ2) is 12.9. The Kier molecular flexibility index (Phi) is 10.6. The molecule has 3 rings (SSSR count). The van der Waals surface area contributed by atoms with Gasteiger partial charge in [0.1, 0.15) is 11.9 Å². The minimum atomic E-state index is -0.258. The van der Waals surface area contributed by atoms with Crippen molar-refractivity contribution >= 4 is 35.8 Å². The maximum atomic E-state index is 12.6. The first-order valence-electron chi connectivity index (χ1n) is 10.8. The van der Waals surface area contributed by atoms with Gasteiger partial charge in [-0.15, -0.1) is 24.0 Å². The number of guanidine groups is 1. The summed E-state index contributed by atoms with van der Waals surface area (Å²) in [5.41, 5.74) is 0.905. The van der Waals surface area contributed by atoms with Gasteiger partial charge >= 0.3 is 0 Å². The number of hydrogen-bond donors (Lipinski definition) is 1. The molecule has 1 atom stereocenters. The molecule has 1 aromatic rings. The van der Waals surface area contributed by atoms with Crippen LogP contribution in [0, 0.1) is 0 Å². The number of amides is 1. The number of nitrogens with one attached hydrogen (secondary N) is 1. The van der Waals surface area contributed by atoms with Crippen molar-refractivity contribution in [3.8, 4) is 17.2 Å². The number of benzene rings is 1. The van der Waals surface area contributed by atoms with Crippen LogP contribution in [0.1, 0.15) is 25.3 Å². The van der Waals surface area contributed by atoms with E-state index in [4.69, 9.17) is 23.9 Å². The van der Waals surface area contributed by atoms with Gasteiger partial charge in [0.05, 0.1) is 27.9 Å². The molecule has 180 valence electrons. The van der Waals surface area contributed by atoms with Gasteiger partial charge in [-0.25, -0.2) is 4.99 Å². The lowest BCUT2D eigenvalue weighted by Crippen LogP contribution is -2.55. The maximum absolute atomic E-state index is 12.6. The van der Waals surface area contributed by atoms with Crippen molar-refractivity contribution in [2.75, 3.05) is 60.7 Å². The molecule has 2 aliphatic rings. The van der Waals surface area contributed by atoms with E-state index in [-0.39, 0.29) is 36.0 Å². The van der Waals surface area contributed by atoms with Gasteiger partial charge in [-0.1, -0.05) is 0 Å². The van der Waals surface area contributed by atoms with Crippen molar-refractivity contribution in [1.29, 1.82) is 0 Å². The molecule has 1 unspecified atom stereocenters. The van der Waals surface area contributed by atoms with Crippen molar-refractivity contribution < 1.29 is 23.7 Å². The number of carbonyl (C=O) groups excluding carboxylic acids is 1. The van der Waals surface area contributed by atoms with Crippen LogP contribution < -0.4 is 19.5 Å². The zero-order valence-electron chi connectivity index (χ0n) is 19.4. The Balaban J connectivity index is 0.00000363. The number of aliphatic imine (C=N–C) groups is 1. The van der Waals surface area contributed by atoms with Crippen LogP contribution in [-0.4, -0.2) is 88.4 Å². The number of hydrogen-bond acceptors (Lipinski definition) is 6. The molecule has 2 aliphatic heterocycles. The lowest BCUT2D eigenvalue weighted by molar-refractivity contribution is -0.142. The van der Waals surface area contributed by atoms with Crippen LogP contribution >= 0.6 is 24.0 Å². The number of halogens is 1. The molecule has 1 aromatic carbocycles. The lowest BCUT2D eigenvalue weighted by Gasteiger charge is -2.37. The molecule has 2 fully saturated rings. The van der Waals surface area contributed by atoms with Gasteiger partial charge in [-0.3, -0.25) is 4.79 Å². The average molecular weight is 562 g/mol. The summed E-state index contributed by atoms with van der Waals surface area (Å²) in [6.45, 7) is 6.72. The molecule has 0 spiro atoms. The van der Waals surface area contributed by atoms with E-state index >= 15 is 0 Å². The SMILES string of the molecule is CCNC(=NCc1cc(OC)c(OC)cc1OC)N1CCN(C(=O)C2CCCO2)CC1.I. The summed E-state index contributed by atoms with van der Waals surface area (Å²) in [6.07, 6.45) is 1.54. The summed E-state index contributed by atoms with van der Waals surface area (Å²) < 4.78 is 21.9. The molecule has 0 bridgehead atoms. The van der Waals surface area contributed by atoms with Gasteiger partial charge in [0.25, 0.3) is 5.91 Å². The first-order chi connectivity index (χ1) is 15.1. The Morgan fingerprint density at radius 1 is 1.06 bits per heavy atom. The predicted octanol–water partition coefficient (Wildman–Crippen LogP) is 2.12. The molecule has 0 radical (unpaired) electrons. The number of ether oxygens (including phenoxy) is 4. The van der Waals surface area contributed by atoms with E-state index in [9.17, 15) is 4.79 Å². The van der Waals surface area contributed by atoms with E-state index in [2.05, 4.69) is 10.2 Å². The highest BCUT2D eigenvalue weighted by molar-refractivity contribution is 14.0. The van der Waals surface area contributed by atoms with Crippen LogP contribution in [0.5, 0.6) is 17.2 Å². The molecule has 1 N–H and O–H groups in total. The summed E-state index contributed by atoms with van der Waals surface area (Å²) in [5, 5.41) is 3.36. The van der Waals surface area contributed by atoms with E-state index in [1.807, 2.05) is 24.0 Å². The van der Waals surface area contributed by atoms with Gasteiger partial charge < -0.3 is 34.1 Å². The number of nitrogens with zero attached hydrogens (tertiary/aromatic N) is 3. The summed E-state index contributed by atoms with van der Waals surface area (Å²) in [6, 6.07) is 3.70. The quantitative estimate of drug-likeness (QED) is 0.310. The summed E-state index contributed by atoms with van der Waals surface area (Å²) >= 11 is 0. The highest BCUT2D eigenvalue weighted by atomic mass is 127. The van der Waals surface area contributed by atoms with Crippen LogP contribution in [0.25, 0.3) is 0 Å². The molecule has 2 heterocycles. The van der Waals surface area contributed by atoms with E-state index in [0.717, 1.165) is 44.0 Å². The fourth-order valence-electron chi connectivity index (χ4n) is 3.92. The van der Waals surface area contributed by atoms with Gasteiger partial charge in [-0.05, 0) is 25.8 Å². The minimum Gasteiger partial charge on any atom is -0.496 e. The Hall–Kier alpha value is -1.95. The number of piperazine rings is 1. The number of rotatable bonds is 7. The van der Waals surface area contributed by atoms with E-state index in [1.54, 1.807) is 21.3 Å². The van der Waals surface area contributed by atoms with Gasteiger partial charge in [0, 0.05) is 51.0 Å². The predicted molar refractivity (Wildman–Crippen MR) is 133 cm³/mol. The molecule has 1 amide bonds. The van der Waals surface area contributed by atoms with Crippen LogP contribution in [0.3, 0.4) is 0 Å². The highest BCUT2D eigenvalue weighted by Crippen LogP contribution is 2.35. The van der Waals surface area contributed by atoms with Crippen molar-refractivity contribution in [3.05, 3.63) is 17.7 Å². The van der Waals surface area contributed by atoms with E-state index < -0.39 is 0 Å². The summed E-state index contributed by atoms with van der Waals surface area (Å²) in [4.78, 5) is 21.5. The highest BCUT2D eigenvalue weighted by Gasteiger charge is 2.31. The molecular formula is C22H35IN4O5. The Morgan fingerprint density at radius 3 is 2.25 bits per heavy atom. The van der Waals surface area contributed by atoms with Crippen LogP contribution in [-0.2, 0) is 16.1 Å². The van der Waals surface area contributed by atoms with E-state index in [0.29, 0.717) is 43.5 Å². The van der Waals surface area contributed by atoms with Crippen molar-refractivity contribution in [2.24, 2.45) is 4.99 Å². The fourth-order valence-corrected chi connectivity index (χ4v) is 3.92. The molecule has 32 heavy (non-hydrogen) atoms. The third-order valence-electron chi connectivity index (χ3n) is 5.62. The van der Waals surface area contributed by atoms with Crippen molar-refractivity contribution in [2.45, 2.75) is 32.4 Å². The minimum absolute atomic E-state index is 0. The average Bonchev–Trinajstić information content (AvgIpc) is 3.35. The second-order valence-electron chi connectivity index (χ2n) is 7.50. The van der Waals surface area contributed by atoms with Crippen LogP contribution in [0.4, 0.5) is 0 Å². The maximum Gasteiger partial charge on any atom is 0.251 e. The van der Waals surface area contributed by atoms with Crippen molar-refractivity contribution in [3.63, 3.8) is 0 Å². The smallest absolute Gasteiger partial charge is 0.251 e. The van der Waals surface area contributed by atoms with Crippen molar-refractivity contribution in [1.82, 2.24) is 15.1 Å². The standard InChI is InChI=1S/C22H34N4O5.HI/c1-5-23-22(24-15-16-13-19(29-3)20(30-4)14-18(16)28-2)26-10-8-25(9-11-26)21(27)17-7-6-12-31-17;/h13-14,17H,5-12,15H2,1-4H3,(H,23,24);1H. The van der Waals surface area contributed by atoms with Gasteiger partial charge in [0.2, 0.25) is 0 Å². The molecule has 0 saturated carbocycles. The van der Waals surface area contributed by atoms with Crippen LogP contribution in [0.15, 0.2) is 17.1 Å². The fraction of sp³-hybridized carbons (Fsp3) is 0.636. The zero-order valence-corrected chi connectivity index (χ0v) is 21.7. The summed E-state index contributed by atoms with van der Waals surface area (Å²) in [5.74, 6) is 2.90. The Bertz CT molecular complexity index is 778. The van der Waals surface area contributed by atoms with Gasteiger partial charge in [0.15, 0.2) is 17.5 Å². The zero-order chi connectivity index (χ0) is 22.2. The molecule has 10 heteroatoms. The third kappa shape index (κ3) is 6.31. The molecule has 0 aliphatic carbocycles. The largest absolute Gasteiger partial charge is 0.496 e. The van der Waals surface area contributed by atoms with E-state index in [1.165, 1.54) is 0 Å². The second-order valence-corrected chi connectivity index (χ2v) is 7.50. The normalized spacial score (nSPS) is 18.8. The van der Waals surface area contributed by atoms with Gasteiger partial charge in [-0.2, -0.15) is 0 Å².